The monoisotopic (exact) mass is 334 g/mol. The summed E-state index contributed by atoms with van der Waals surface area (Å²) in [5, 5.41) is 0.0835. The molecule has 1 unspecified atom stereocenters. The van der Waals surface area contributed by atoms with Crippen LogP contribution in [0.1, 0.15) is 18.4 Å². The summed E-state index contributed by atoms with van der Waals surface area (Å²) in [6, 6.07) is 10.2. The van der Waals surface area contributed by atoms with Gasteiger partial charge in [0, 0.05) is 32.4 Å². The van der Waals surface area contributed by atoms with Crippen molar-refractivity contribution in [2.45, 2.75) is 30.5 Å². The van der Waals surface area contributed by atoms with E-state index in [1.165, 1.54) is 18.1 Å². The number of imidazole rings is 1. The van der Waals surface area contributed by atoms with E-state index >= 15 is 0 Å². The Bertz CT molecular complexity index is 742. The molecule has 1 saturated heterocycles. The average molecular weight is 334 g/mol. The lowest BCUT2D eigenvalue weighted by Gasteiger charge is -2.32. The predicted octanol–water partition coefficient (Wildman–Crippen LogP) is 1.36. The Morgan fingerprint density at radius 3 is 2.78 bits per heavy atom. The molecule has 0 spiro atoms. The molecule has 6 nitrogen and oxygen atoms in total. The Morgan fingerprint density at radius 2 is 2.09 bits per heavy atom. The van der Waals surface area contributed by atoms with E-state index in [-0.39, 0.29) is 11.1 Å². The van der Waals surface area contributed by atoms with Crippen LogP contribution in [0.3, 0.4) is 0 Å². The summed E-state index contributed by atoms with van der Waals surface area (Å²) in [6.07, 6.45) is 4.86. The number of nitrogens with zero attached hydrogens (tertiary/aromatic N) is 3. The number of aromatic nitrogens is 2. The van der Waals surface area contributed by atoms with Crippen LogP contribution < -0.4 is 4.72 Å². The highest BCUT2D eigenvalue weighted by molar-refractivity contribution is 7.89. The minimum Gasteiger partial charge on any atom is -0.339 e. The highest BCUT2D eigenvalue weighted by Gasteiger charge is 2.26. The van der Waals surface area contributed by atoms with Gasteiger partial charge in [-0.1, -0.05) is 30.3 Å². The van der Waals surface area contributed by atoms with Gasteiger partial charge in [0.1, 0.15) is 0 Å². The number of aryl methyl sites for hydroxylation is 1. The second kappa shape index (κ2) is 6.82. The first-order chi connectivity index (χ1) is 11.0. The molecule has 0 radical (unpaired) electrons. The van der Waals surface area contributed by atoms with Crippen LogP contribution >= 0.6 is 0 Å². The molecule has 0 amide bonds. The molecule has 2 aromatic rings. The first kappa shape index (κ1) is 16.2. The fourth-order valence-electron chi connectivity index (χ4n) is 2.94. The maximum absolute atomic E-state index is 12.4. The first-order valence-electron chi connectivity index (χ1n) is 7.79. The molecule has 1 N–H and O–H groups in total. The standard InChI is InChI=1S/C16H22N4O2S/c1-19-12-16(17-13-19)23(21,22)18-15-8-5-9-20(11-15)10-14-6-3-2-4-7-14/h2-4,6-7,12-13,15,18H,5,8-11H2,1H3. The summed E-state index contributed by atoms with van der Waals surface area (Å²) in [5.41, 5.74) is 1.25. The maximum atomic E-state index is 12.4. The Labute approximate surface area is 137 Å². The summed E-state index contributed by atoms with van der Waals surface area (Å²) in [6.45, 7) is 2.57. The normalized spacial score (nSPS) is 19.8. The van der Waals surface area contributed by atoms with Crippen LogP contribution in [0.5, 0.6) is 0 Å². The number of benzene rings is 1. The molecule has 1 fully saturated rings. The quantitative estimate of drug-likeness (QED) is 0.897. The third kappa shape index (κ3) is 4.19. The van der Waals surface area contributed by atoms with Crippen molar-refractivity contribution in [3.8, 4) is 0 Å². The SMILES string of the molecule is Cn1cnc(S(=O)(=O)NC2CCCN(Cc3ccccc3)C2)c1. The van der Waals surface area contributed by atoms with Gasteiger partial charge in [-0.2, -0.15) is 0 Å². The van der Waals surface area contributed by atoms with Crippen molar-refractivity contribution in [2.75, 3.05) is 13.1 Å². The van der Waals surface area contributed by atoms with E-state index in [9.17, 15) is 8.42 Å². The summed E-state index contributed by atoms with van der Waals surface area (Å²) in [7, 11) is -1.79. The van der Waals surface area contributed by atoms with Gasteiger partial charge in [0.15, 0.2) is 5.03 Å². The van der Waals surface area contributed by atoms with Gasteiger partial charge < -0.3 is 4.57 Å². The van der Waals surface area contributed by atoms with Crippen LogP contribution in [0.25, 0.3) is 0 Å². The summed E-state index contributed by atoms with van der Waals surface area (Å²) < 4.78 is 29.2. The Morgan fingerprint density at radius 1 is 1.30 bits per heavy atom. The minimum absolute atomic E-state index is 0.0699. The van der Waals surface area contributed by atoms with Crippen molar-refractivity contribution >= 4 is 10.0 Å². The van der Waals surface area contributed by atoms with Crippen LogP contribution in [-0.4, -0.2) is 42.0 Å². The molecule has 124 valence electrons. The molecular weight excluding hydrogens is 312 g/mol. The third-order valence-electron chi connectivity index (χ3n) is 4.03. The van der Waals surface area contributed by atoms with Crippen LogP contribution in [0.4, 0.5) is 0 Å². The molecule has 3 rings (SSSR count). The molecule has 1 aliphatic heterocycles. The average Bonchev–Trinajstić information content (AvgIpc) is 2.96. The molecule has 1 aromatic carbocycles. The zero-order chi connectivity index (χ0) is 16.3. The zero-order valence-electron chi connectivity index (χ0n) is 13.2. The third-order valence-corrected chi connectivity index (χ3v) is 5.44. The van der Waals surface area contributed by atoms with E-state index in [1.807, 2.05) is 18.2 Å². The highest BCUT2D eigenvalue weighted by atomic mass is 32.2. The van der Waals surface area contributed by atoms with E-state index in [4.69, 9.17) is 0 Å². The van der Waals surface area contributed by atoms with Gasteiger partial charge in [0.25, 0.3) is 10.0 Å². The topological polar surface area (TPSA) is 67.2 Å². The highest BCUT2D eigenvalue weighted by Crippen LogP contribution is 2.16. The Hall–Kier alpha value is -1.70. The predicted molar refractivity (Wildman–Crippen MR) is 88.3 cm³/mol. The number of sulfonamides is 1. The molecule has 7 heteroatoms. The van der Waals surface area contributed by atoms with Crippen molar-refractivity contribution in [1.29, 1.82) is 0 Å². The summed E-state index contributed by atoms with van der Waals surface area (Å²) in [4.78, 5) is 6.23. The number of piperidine rings is 1. The maximum Gasteiger partial charge on any atom is 0.259 e. The molecule has 1 aliphatic rings. The molecular formula is C16H22N4O2S. The Balaban J connectivity index is 1.62. The number of hydrogen-bond donors (Lipinski definition) is 1. The van der Waals surface area contributed by atoms with Crippen LogP contribution in [0.15, 0.2) is 47.9 Å². The fourth-order valence-corrected chi connectivity index (χ4v) is 4.19. The summed E-state index contributed by atoms with van der Waals surface area (Å²) >= 11 is 0. The van der Waals surface area contributed by atoms with Crippen molar-refractivity contribution in [3.63, 3.8) is 0 Å². The minimum atomic E-state index is -3.54. The first-order valence-corrected chi connectivity index (χ1v) is 9.28. The summed E-state index contributed by atoms with van der Waals surface area (Å²) in [5.74, 6) is 0. The van der Waals surface area contributed by atoms with Crippen molar-refractivity contribution in [1.82, 2.24) is 19.2 Å². The van der Waals surface area contributed by atoms with Crippen molar-refractivity contribution in [3.05, 3.63) is 48.4 Å². The van der Waals surface area contributed by atoms with Gasteiger partial charge in [-0.3, -0.25) is 4.90 Å². The van der Waals surface area contributed by atoms with Gasteiger partial charge in [0.05, 0.1) is 6.33 Å². The van der Waals surface area contributed by atoms with Crippen LogP contribution in [-0.2, 0) is 23.6 Å². The fraction of sp³-hybridized carbons (Fsp3) is 0.438. The second-order valence-electron chi connectivity index (χ2n) is 6.06. The second-order valence-corrected chi connectivity index (χ2v) is 7.72. The van der Waals surface area contributed by atoms with Gasteiger partial charge in [-0.05, 0) is 24.9 Å². The molecule has 23 heavy (non-hydrogen) atoms. The lowest BCUT2D eigenvalue weighted by atomic mass is 10.1. The van der Waals surface area contributed by atoms with Gasteiger partial charge in [0.2, 0.25) is 0 Å². The zero-order valence-corrected chi connectivity index (χ0v) is 14.0. The molecule has 0 bridgehead atoms. The van der Waals surface area contributed by atoms with E-state index in [1.54, 1.807) is 11.6 Å². The van der Waals surface area contributed by atoms with Gasteiger partial charge >= 0.3 is 0 Å². The molecule has 1 atom stereocenters. The molecule has 0 aliphatic carbocycles. The van der Waals surface area contributed by atoms with Crippen molar-refractivity contribution < 1.29 is 8.42 Å². The number of rotatable bonds is 5. The van der Waals surface area contributed by atoms with Crippen LogP contribution in [0.2, 0.25) is 0 Å². The smallest absolute Gasteiger partial charge is 0.259 e. The van der Waals surface area contributed by atoms with Gasteiger partial charge in [-0.15, -0.1) is 0 Å². The van der Waals surface area contributed by atoms with E-state index in [0.717, 1.165) is 32.5 Å². The van der Waals surface area contributed by atoms with E-state index in [0.29, 0.717) is 0 Å². The molecule has 2 heterocycles. The number of nitrogens with one attached hydrogen (secondary N) is 1. The number of likely N-dealkylation sites (tertiary alicyclic amines) is 1. The largest absolute Gasteiger partial charge is 0.339 e. The Kier molecular flexibility index (Phi) is 4.79. The lowest BCUT2D eigenvalue weighted by molar-refractivity contribution is 0.194. The van der Waals surface area contributed by atoms with Gasteiger partial charge in [-0.25, -0.2) is 18.1 Å². The van der Waals surface area contributed by atoms with Crippen LogP contribution in [0, 0.1) is 0 Å². The van der Waals surface area contributed by atoms with Crippen molar-refractivity contribution in [2.24, 2.45) is 7.05 Å². The van der Waals surface area contributed by atoms with E-state index < -0.39 is 10.0 Å². The molecule has 1 aromatic heterocycles. The lowest BCUT2D eigenvalue weighted by Crippen LogP contribution is -2.47. The molecule has 0 saturated carbocycles. The number of hydrogen-bond acceptors (Lipinski definition) is 4. The van der Waals surface area contributed by atoms with E-state index in [2.05, 4.69) is 26.7 Å².